The molecule has 1 N–H and O–H groups in total. The van der Waals surface area contributed by atoms with Gasteiger partial charge in [-0.2, -0.15) is 4.31 Å². The summed E-state index contributed by atoms with van der Waals surface area (Å²) in [6.45, 7) is 0.848. The van der Waals surface area contributed by atoms with Crippen LogP contribution in [0.3, 0.4) is 0 Å². The fraction of sp³-hybridized carbons (Fsp3) is 0.381. The molecule has 7 nitrogen and oxygen atoms in total. The van der Waals surface area contributed by atoms with Crippen molar-refractivity contribution in [2.75, 3.05) is 27.3 Å². The van der Waals surface area contributed by atoms with Crippen molar-refractivity contribution < 1.29 is 22.7 Å². The summed E-state index contributed by atoms with van der Waals surface area (Å²) < 4.78 is 38.8. The molecular formula is C21H25BrN2O5S. The topological polar surface area (TPSA) is 84.9 Å². The summed E-state index contributed by atoms with van der Waals surface area (Å²) in [6.07, 6.45) is 1.28. The van der Waals surface area contributed by atoms with E-state index >= 15 is 0 Å². The van der Waals surface area contributed by atoms with Crippen molar-refractivity contribution in [1.29, 1.82) is 0 Å². The molecule has 1 aliphatic rings. The van der Waals surface area contributed by atoms with E-state index in [2.05, 4.69) is 21.2 Å². The quantitative estimate of drug-likeness (QED) is 0.636. The van der Waals surface area contributed by atoms with Crippen LogP contribution in [0.15, 0.2) is 51.8 Å². The second-order valence-corrected chi connectivity index (χ2v) is 9.88. The number of piperidine rings is 1. The van der Waals surface area contributed by atoms with E-state index in [1.165, 1.54) is 4.31 Å². The van der Waals surface area contributed by atoms with Crippen molar-refractivity contribution in [3.63, 3.8) is 0 Å². The SMILES string of the molecule is COc1cccc(CNC(=O)C2CCCN(S(=O)(=O)c3ccc(Br)cc3)C2)c1OC. The highest BCUT2D eigenvalue weighted by Crippen LogP contribution is 2.31. The molecule has 1 unspecified atom stereocenters. The third kappa shape index (κ3) is 4.96. The molecule has 1 amide bonds. The number of hydrogen-bond acceptors (Lipinski definition) is 5. The Morgan fingerprint density at radius 3 is 2.57 bits per heavy atom. The number of ether oxygens (including phenoxy) is 2. The summed E-state index contributed by atoms with van der Waals surface area (Å²) in [4.78, 5) is 13.0. The Morgan fingerprint density at radius 2 is 1.90 bits per heavy atom. The minimum Gasteiger partial charge on any atom is -0.493 e. The molecule has 1 aliphatic heterocycles. The molecule has 1 heterocycles. The van der Waals surface area contributed by atoms with Gasteiger partial charge in [-0.3, -0.25) is 4.79 Å². The molecule has 9 heteroatoms. The standard InChI is InChI=1S/C21H25BrN2O5S/c1-28-19-7-3-5-15(20(19)29-2)13-23-21(25)16-6-4-12-24(14-16)30(26,27)18-10-8-17(22)9-11-18/h3,5,7-11,16H,4,6,12-14H2,1-2H3,(H,23,25). The smallest absolute Gasteiger partial charge is 0.243 e. The van der Waals surface area contributed by atoms with Gasteiger partial charge in [-0.05, 0) is 43.2 Å². The third-order valence-corrected chi connectivity index (χ3v) is 7.55. The first-order chi connectivity index (χ1) is 14.4. The summed E-state index contributed by atoms with van der Waals surface area (Å²) in [5, 5.41) is 2.91. The lowest BCUT2D eigenvalue weighted by molar-refractivity contribution is -0.126. The summed E-state index contributed by atoms with van der Waals surface area (Å²) in [6, 6.07) is 12.0. The Bertz CT molecular complexity index is 995. The number of halogens is 1. The van der Waals surface area contributed by atoms with E-state index < -0.39 is 15.9 Å². The lowest BCUT2D eigenvalue weighted by atomic mass is 9.98. The lowest BCUT2D eigenvalue weighted by Crippen LogP contribution is -2.45. The van der Waals surface area contributed by atoms with Crippen LogP contribution in [0, 0.1) is 5.92 Å². The van der Waals surface area contributed by atoms with Crippen molar-refractivity contribution in [2.24, 2.45) is 5.92 Å². The predicted molar refractivity (Wildman–Crippen MR) is 117 cm³/mol. The normalized spacial score (nSPS) is 17.4. The number of carbonyl (C=O) groups excluding carboxylic acids is 1. The van der Waals surface area contributed by atoms with Crippen molar-refractivity contribution >= 4 is 31.9 Å². The molecule has 30 heavy (non-hydrogen) atoms. The summed E-state index contributed by atoms with van der Waals surface area (Å²) in [5.41, 5.74) is 0.792. The maximum Gasteiger partial charge on any atom is 0.243 e. The van der Waals surface area contributed by atoms with Crippen LogP contribution in [-0.2, 0) is 21.4 Å². The van der Waals surface area contributed by atoms with Gasteiger partial charge in [-0.25, -0.2) is 8.42 Å². The molecule has 1 saturated heterocycles. The average Bonchev–Trinajstić information content (AvgIpc) is 2.77. The van der Waals surface area contributed by atoms with Crippen molar-refractivity contribution in [3.05, 3.63) is 52.5 Å². The number of methoxy groups -OCH3 is 2. The van der Waals surface area contributed by atoms with Gasteiger partial charge >= 0.3 is 0 Å². The highest BCUT2D eigenvalue weighted by Gasteiger charge is 2.33. The van der Waals surface area contributed by atoms with Crippen molar-refractivity contribution in [3.8, 4) is 11.5 Å². The molecular weight excluding hydrogens is 472 g/mol. The number of amides is 1. The molecule has 1 atom stereocenters. The van der Waals surface area contributed by atoms with Gasteiger partial charge in [0.15, 0.2) is 11.5 Å². The van der Waals surface area contributed by atoms with Crippen LogP contribution < -0.4 is 14.8 Å². The number of sulfonamides is 1. The number of nitrogens with zero attached hydrogens (tertiary/aromatic N) is 1. The zero-order chi connectivity index (χ0) is 21.7. The zero-order valence-corrected chi connectivity index (χ0v) is 19.3. The Morgan fingerprint density at radius 1 is 1.17 bits per heavy atom. The van der Waals surface area contributed by atoms with Crippen LogP contribution in [0.25, 0.3) is 0 Å². The van der Waals surface area contributed by atoms with E-state index in [0.29, 0.717) is 30.9 Å². The van der Waals surface area contributed by atoms with Gasteiger partial charge in [-0.15, -0.1) is 0 Å². The van der Waals surface area contributed by atoms with Gasteiger partial charge in [0.1, 0.15) is 0 Å². The second-order valence-electron chi connectivity index (χ2n) is 7.03. The molecule has 0 aromatic heterocycles. The first-order valence-corrected chi connectivity index (χ1v) is 11.8. The summed E-state index contributed by atoms with van der Waals surface area (Å²) >= 11 is 3.31. The van der Waals surface area contributed by atoms with Gasteiger partial charge in [-0.1, -0.05) is 28.1 Å². The molecule has 0 bridgehead atoms. The largest absolute Gasteiger partial charge is 0.493 e. The summed E-state index contributed by atoms with van der Waals surface area (Å²) in [5.74, 6) is 0.591. The Kier molecular flexibility index (Phi) is 7.38. The van der Waals surface area contributed by atoms with Gasteiger partial charge in [0.25, 0.3) is 0 Å². The van der Waals surface area contributed by atoms with Gasteiger partial charge in [0.05, 0.1) is 25.0 Å². The molecule has 1 fully saturated rings. The van der Waals surface area contributed by atoms with E-state index in [4.69, 9.17) is 9.47 Å². The molecule has 3 rings (SSSR count). The fourth-order valence-electron chi connectivity index (χ4n) is 3.55. The van der Waals surface area contributed by atoms with E-state index in [9.17, 15) is 13.2 Å². The van der Waals surface area contributed by atoms with Crippen molar-refractivity contribution in [1.82, 2.24) is 9.62 Å². The van der Waals surface area contributed by atoms with Crippen LogP contribution in [-0.4, -0.2) is 45.9 Å². The van der Waals surface area contributed by atoms with E-state index in [0.717, 1.165) is 10.0 Å². The molecule has 2 aromatic carbocycles. The van der Waals surface area contributed by atoms with Crippen LogP contribution >= 0.6 is 15.9 Å². The number of carbonyl (C=O) groups is 1. The molecule has 0 saturated carbocycles. The third-order valence-electron chi connectivity index (χ3n) is 5.14. The maximum absolute atomic E-state index is 12.9. The minimum atomic E-state index is -3.64. The molecule has 0 radical (unpaired) electrons. The maximum atomic E-state index is 12.9. The molecule has 0 spiro atoms. The van der Waals surface area contributed by atoms with E-state index in [1.807, 2.05) is 12.1 Å². The van der Waals surface area contributed by atoms with Crippen molar-refractivity contribution in [2.45, 2.75) is 24.3 Å². The van der Waals surface area contributed by atoms with Crippen LogP contribution in [0.1, 0.15) is 18.4 Å². The number of benzene rings is 2. The van der Waals surface area contributed by atoms with Crippen LogP contribution in [0.2, 0.25) is 0 Å². The molecule has 2 aromatic rings. The number of rotatable bonds is 7. The van der Waals surface area contributed by atoms with Gasteiger partial charge in [0, 0.05) is 29.7 Å². The summed E-state index contributed by atoms with van der Waals surface area (Å²) in [7, 11) is -0.527. The van der Waals surface area contributed by atoms with Crippen LogP contribution in [0.5, 0.6) is 11.5 Å². The van der Waals surface area contributed by atoms with E-state index in [-0.39, 0.29) is 23.9 Å². The van der Waals surface area contributed by atoms with Gasteiger partial charge in [0.2, 0.25) is 15.9 Å². The highest BCUT2D eigenvalue weighted by atomic mass is 79.9. The molecule has 162 valence electrons. The van der Waals surface area contributed by atoms with E-state index in [1.54, 1.807) is 44.6 Å². The predicted octanol–water partition coefficient (Wildman–Crippen LogP) is 3.18. The molecule has 0 aliphatic carbocycles. The first kappa shape index (κ1) is 22.6. The minimum absolute atomic E-state index is 0.166. The Labute approximate surface area is 185 Å². The van der Waals surface area contributed by atoms with Gasteiger partial charge < -0.3 is 14.8 Å². The highest BCUT2D eigenvalue weighted by molar-refractivity contribution is 9.10. The Hall–Kier alpha value is -2.10. The fourth-order valence-corrected chi connectivity index (χ4v) is 5.34. The second kappa shape index (κ2) is 9.80. The van der Waals surface area contributed by atoms with Crippen LogP contribution in [0.4, 0.5) is 0 Å². The number of para-hydroxylation sites is 1. The zero-order valence-electron chi connectivity index (χ0n) is 16.9. The number of hydrogen-bond donors (Lipinski definition) is 1. The first-order valence-electron chi connectivity index (χ1n) is 9.60. The average molecular weight is 497 g/mol. The lowest BCUT2D eigenvalue weighted by Gasteiger charge is -2.31. The monoisotopic (exact) mass is 496 g/mol. The Balaban J connectivity index is 1.67. The number of nitrogens with one attached hydrogen (secondary N) is 1.